The van der Waals surface area contributed by atoms with Gasteiger partial charge in [0.25, 0.3) is 0 Å². The van der Waals surface area contributed by atoms with Crippen molar-refractivity contribution in [3.8, 4) is 22.6 Å². The minimum absolute atomic E-state index is 0.415. The maximum absolute atomic E-state index is 11.7. The Morgan fingerprint density at radius 2 is 1.61 bits per heavy atom. The van der Waals surface area contributed by atoms with Crippen molar-refractivity contribution in [2.45, 2.75) is 53.2 Å². The summed E-state index contributed by atoms with van der Waals surface area (Å²) in [6.07, 6.45) is 1.08. The van der Waals surface area contributed by atoms with Crippen LogP contribution in [0.15, 0.2) is 60.7 Å². The molecule has 0 aliphatic carbocycles. The molecule has 0 saturated carbocycles. The fraction of sp³-hybridized carbons (Fsp3) is 0.333. The standard InChI is InChI=1S/C30H35NO5/c1-21-16-27(34-15-7-14-31-29(33)36-30(3,4)5)17-22(2)28(21)25-9-6-8-24(18-25)20-35-26-12-10-23(19-32)11-13-26/h6,8-13,16-19H,7,14-15,20H2,1-5H3,(H,31,33). The molecule has 0 aliphatic rings. The van der Waals surface area contributed by atoms with E-state index < -0.39 is 11.7 Å². The van der Waals surface area contributed by atoms with Crippen molar-refractivity contribution in [2.24, 2.45) is 0 Å². The van der Waals surface area contributed by atoms with Gasteiger partial charge in [-0.15, -0.1) is 0 Å². The molecule has 0 heterocycles. The Hall–Kier alpha value is -3.80. The summed E-state index contributed by atoms with van der Waals surface area (Å²) in [6.45, 7) is 11.1. The van der Waals surface area contributed by atoms with Crippen LogP contribution < -0.4 is 14.8 Å². The van der Waals surface area contributed by atoms with Crippen molar-refractivity contribution >= 4 is 12.4 Å². The number of amides is 1. The smallest absolute Gasteiger partial charge is 0.407 e. The maximum atomic E-state index is 11.7. The molecule has 0 fully saturated rings. The first-order valence-corrected chi connectivity index (χ1v) is 12.1. The number of aldehydes is 1. The van der Waals surface area contributed by atoms with Crippen LogP contribution in [0.4, 0.5) is 4.79 Å². The molecular weight excluding hydrogens is 454 g/mol. The van der Waals surface area contributed by atoms with E-state index in [0.717, 1.165) is 40.0 Å². The highest BCUT2D eigenvalue weighted by Crippen LogP contribution is 2.32. The first-order chi connectivity index (χ1) is 17.1. The second-order valence-electron chi connectivity index (χ2n) is 9.74. The highest BCUT2D eigenvalue weighted by Gasteiger charge is 2.15. The Morgan fingerprint density at radius 1 is 0.917 bits per heavy atom. The number of nitrogens with one attached hydrogen (secondary N) is 1. The molecule has 1 amide bonds. The van der Waals surface area contributed by atoms with Crippen LogP contribution in [0.3, 0.4) is 0 Å². The Kier molecular flexibility index (Phi) is 9.12. The third-order valence-electron chi connectivity index (χ3n) is 5.40. The number of hydrogen-bond acceptors (Lipinski definition) is 5. The lowest BCUT2D eigenvalue weighted by Crippen LogP contribution is -2.33. The maximum Gasteiger partial charge on any atom is 0.407 e. The lowest BCUT2D eigenvalue weighted by molar-refractivity contribution is 0.0525. The number of aryl methyl sites for hydroxylation is 2. The summed E-state index contributed by atoms with van der Waals surface area (Å²) >= 11 is 0. The Bertz CT molecular complexity index is 1160. The summed E-state index contributed by atoms with van der Waals surface area (Å²) in [6, 6.07) is 19.5. The first kappa shape index (κ1) is 26.8. The zero-order valence-electron chi connectivity index (χ0n) is 21.7. The second-order valence-corrected chi connectivity index (χ2v) is 9.74. The van der Waals surface area contributed by atoms with Gasteiger partial charge in [0.05, 0.1) is 6.61 Å². The largest absolute Gasteiger partial charge is 0.494 e. The molecule has 0 unspecified atom stereocenters. The van der Waals surface area contributed by atoms with Crippen molar-refractivity contribution in [3.05, 3.63) is 82.9 Å². The van der Waals surface area contributed by atoms with E-state index in [1.807, 2.05) is 45.0 Å². The van der Waals surface area contributed by atoms with Gasteiger partial charge in [-0.2, -0.15) is 0 Å². The van der Waals surface area contributed by atoms with Gasteiger partial charge in [0, 0.05) is 12.1 Å². The van der Waals surface area contributed by atoms with Gasteiger partial charge in [-0.25, -0.2) is 4.79 Å². The predicted octanol–water partition coefficient (Wildman–Crippen LogP) is 6.66. The molecule has 3 rings (SSSR count). The lowest BCUT2D eigenvalue weighted by Gasteiger charge is -2.19. The van der Waals surface area contributed by atoms with Crippen molar-refractivity contribution in [1.82, 2.24) is 5.32 Å². The van der Waals surface area contributed by atoms with Crippen LogP contribution in [-0.4, -0.2) is 31.1 Å². The average molecular weight is 490 g/mol. The van der Waals surface area contributed by atoms with Crippen LogP contribution in [0, 0.1) is 13.8 Å². The number of alkyl carbamates (subject to hydrolysis) is 1. The highest BCUT2D eigenvalue weighted by atomic mass is 16.6. The predicted molar refractivity (Wildman–Crippen MR) is 142 cm³/mol. The SMILES string of the molecule is Cc1cc(OCCCNC(=O)OC(C)(C)C)cc(C)c1-c1cccc(COc2ccc(C=O)cc2)c1. The molecule has 3 aromatic rings. The lowest BCUT2D eigenvalue weighted by atomic mass is 9.94. The van der Waals surface area contributed by atoms with Crippen molar-refractivity contribution in [1.29, 1.82) is 0 Å². The minimum atomic E-state index is -0.506. The molecule has 0 aliphatic heterocycles. The van der Waals surface area contributed by atoms with Gasteiger partial charge < -0.3 is 19.5 Å². The number of hydrogen-bond donors (Lipinski definition) is 1. The first-order valence-electron chi connectivity index (χ1n) is 12.1. The minimum Gasteiger partial charge on any atom is -0.494 e. The zero-order chi connectivity index (χ0) is 26.1. The molecule has 1 N–H and O–H groups in total. The average Bonchev–Trinajstić information content (AvgIpc) is 2.81. The normalized spacial score (nSPS) is 11.0. The number of ether oxygens (including phenoxy) is 3. The van der Waals surface area contributed by atoms with Crippen LogP contribution in [0.2, 0.25) is 0 Å². The van der Waals surface area contributed by atoms with Crippen molar-refractivity contribution in [3.63, 3.8) is 0 Å². The highest BCUT2D eigenvalue weighted by molar-refractivity contribution is 5.75. The van der Waals surface area contributed by atoms with Crippen LogP contribution in [0.5, 0.6) is 11.5 Å². The number of rotatable bonds is 10. The van der Waals surface area contributed by atoms with E-state index >= 15 is 0 Å². The Labute approximate surface area is 213 Å². The third kappa shape index (κ3) is 8.15. The van der Waals surface area contributed by atoms with Gasteiger partial charge in [0.2, 0.25) is 0 Å². The van der Waals surface area contributed by atoms with Gasteiger partial charge in [-0.1, -0.05) is 18.2 Å². The fourth-order valence-corrected chi connectivity index (χ4v) is 3.86. The molecule has 0 saturated heterocycles. The monoisotopic (exact) mass is 489 g/mol. The summed E-state index contributed by atoms with van der Waals surface area (Å²) in [5.74, 6) is 1.53. The van der Waals surface area contributed by atoms with Crippen molar-refractivity contribution < 1.29 is 23.8 Å². The molecule has 3 aromatic carbocycles. The molecule has 36 heavy (non-hydrogen) atoms. The molecule has 6 heteroatoms. The van der Waals surface area contributed by atoms with E-state index in [1.165, 1.54) is 5.56 Å². The molecule has 0 spiro atoms. The molecular formula is C30H35NO5. The topological polar surface area (TPSA) is 73.9 Å². The van der Waals surface area contributed by atoms with Crippen LogP contribution in [-0.2, 0) is 11.3 Å². The summed E-state index contributed by atoms with van der Waals surface area (Å²) in [5.41, 5.74) is 5.72. The Morgan fingerprint density at radius 3 is 2.25 bits per heavy atom. The van der Waals surface area contributed by atoms with E-state index in [1.54, 1.807) is 24.3 Å². The molecule has 0 atom stereocenters. The summed E-state index contributed by atoms with van der Waals surface area (Å²) in [7, 11) is 0. The molecule has 0 aromatic heterocycles. The summed E-state index contributed by atoms with van der Waals surface area (Å²) in [4.78, 5) is 22.5. The third-order valence-corrected chi connectivity index (χ3v) is 5.40. The van der Waals surface area contributed by atoms with Gasteiger partial charge in [-0.3, -0.25) is 4.79 Å². The molecule has 0 bridgehead atoms. The quantitative estimate of drug-likeness (QED) is 0.255. The number of benzene rings is 3. The van der Waals surface area contributed by atoms with Crippen LogP contribution in [0.25, 0.3) is 11.1 Å². The summed E-state index contributed by atoms with van der Waals surface area (Å²) in [5, 5.41) is 2.74. The van der Waals surface area contributed by atoms with Crippen LogP contribution >= 0.6 is 0 Å². The number of carbonyl (C=O) groups excluding carboxylic acids is 2. The fourth-order valence-electron chi connectivity index (χ4n) is 3.86. The second kappa shape index (κ2) is 12.2. The zero-order valence-corrected chi connectivity index (χ0v) is 21.7. The number of carbonyl (C=O) groups is 2. The van der Waals surface area contributed by atoms with E-state index in [-0.39, 0.29) is 0 Å². The van der Waals surface area contributed by atoms with Gasteiger partial charge in [0.15, 0.2) is 0 Å². The Balaban J connectivity index is 1.57. The van der Waals surface area contributed by atoms with E-state index in [0.29, 0.717) is 31.7 Å². The van der Waals surface area contributed by atoms with Gasteiger partial charge >= 0.3 is 6.09 Å². The van der Waals surface area contributed by atoms with E-state index in [9.17, 15) is 9.59 Å². The van der Waals surface area contributed by atoms with Gasteiger partial charge in [0.1, 0.15) is 30.0 Å². The van der Waals surface area contributed by atoms with Gasteiger partial charge in [-0.05, 0) is 111 Å². The van der Waals surface area contributed by atoms with E-state index in [2.05, 4.69) is 31.3 Å². The molecule has 0 radical (unpaired) electrons. The summed E-state index contributed by atoms with van der Waals surface area (Å²) < 4.78 is 17.1. The van der Waals surface area contributed by atoms with Crippen LogP contribution in [0.1, 0.15) is 54.2 Å². The van der Waals surface area contributed by atoms with E-state index in [4.69, 9.17) is 14.2 Å². The molecule has 190 valence electrons. The van der Waals surface area contributed by atoms with Crippen molar-refractivity contribution in [2.75, 3.05) is 13.2 Å². The molecule has 6 nitrogen and oxygen atoms in total.